The number of amides is 2. The van der Waals surface area contributed by atoms with Gasteiger partial charge in [0.15, 0.2) is 0 Å². The van der Waals surface area contributed by atoms with Gasteiger partial charge >= 0.3 is 12.0 Å². The molecule has 2 atom stereocenters. The van der Waals surface area contributed by atoms with Gasteiger partial charge < -0.3 is 20.5 Å². The van der Waals surface area contributed by atoms with Crippen molar-refractivity contribution in [2.24, 2.45) is 5.92 Å². The molecule has 110 valence electrons. The molecule has 2 rings (SSSR count). The molecular weight excluding hydrogens is 348 g/mol. The summed E-state index contributed by atoms with van der Waals surface area (Å²) in [6.45, 7) is 0.885. The number of carbonyl (C=O) groups excluding carboxylic acids is 1. The Morgan fingerprint density at radius 3 is 2.90 bits per heavy atom. The minimum absolute atomic E-state index is 0.142. The molecule has 0 aliphatic carbocycles. The number of hydrogen-bond donors (Lipinski definition) is 3. The highest BCUT2D eigenvalue weighted by Crippen LogP contribution is 2.22. The Bertz CT molecular complexity index is 494. The van der Waals surface area contributed by atoms with Crippen molar-refractivity contribution < 1.29 is 19.4 Å². The second kappa shape index (κ2) is 7.05. The van der Waals surface area contributed by atoms with Crippen LogP contribution in [0.4, 0.5) is 4.79 Å². The Balaban J connectivity index is 1.71. The zero-order chi connectivity index (χ0) is 14.5. The Morgan fingerprint density at radius 1 is 1.45 bits per heavy atom. The first-order chi connectivity index (χ1) is 9.56. The molecule has 1 aliphatic rings. The van der Waals surface area contributed by atoms with E-state index in [2.05, 4.69) is 26.6 Å². The summed E-state index contributed by atoms with van der Waals surface area (Å²) < 4.78 is 6.14. The van der Waals surface area contributed by atoms with Crippen molar-refractivity contribution in [2.75, 3.05) is 19.8 Å². The van der Waals surface area contributed by atoms with Gasteiger partial charge in [-0.05, 0) is 34.5 Å². The van der Waals surface area contributed by atoms with E-state index >= 15 is 0 Å². The van der Waals surface area contributed by atoms with E-state index in [1.54, 1.807) is 11.3 Å². The predicted octanol–water partition coefficient (Wildman–Crippen LogP) is 1.45. The molecule has 1 aliphatic heterocycles. The summed E-state index contributed by atoms with van der Waals surface area (Å²) in [6.07, 6.45) is 0.743. The third-order valence-corrected chi connectivity index (χ3v) is 4.68. The number of rotatable bonds is 5. The zero-order valence-corrected chi connectivity index (χ0v) is 13.0. The molecule has 6 nitrogen and oxygen atoms in total. The van der Waals surface area contributed by atoms with Crippen molar-refractivity contribution in [1.29, 1.82) is 0 Å². The molecular formula is C12H15BrN2O4S. The van der Waals surface area contributed by atoms with Crippen LogP contribution in [0.25, 0.3) is 0 Å². The van der Waals surface area contributed by atoms with E-state index in [-0.39, 0.29) is 19.2 Å². The third kappa shape index (κ3) is 4.19. The lowest BCUT2D eigenvalue weighted by Crippen LogP contribution is -2.47. The van der Waals surface area contributed by atoms with Crippen LogP contribution in [0.15, 0.2) is 15.9 Å². The largest absolute Gasteiger partial charge is 0.481 e. The summed E-state index contributed by atoms with van der Waals surface area (Å²) in [7, 11) is 0. The summed E-state index contributed by atoms with van der Waals surface area (Å²) in [5, 5.41) is 14.3. The molecule has 0 radical (unpaired) electrons. The first-order valence-electron chi connectivity index (χ1n) is 6.15. The molecule has 2 heterocycles. The highest BCUT2D eigenvalue weighted by molar-refractivity contribution is 9.11. The van der Waals surface area contributed by atoms with Gasteiger partial charge in [0, 0.05) is 11.4 Å². The normalized spacial score (nSPS) is 21.6. The lowest BCUT2D eigenvalue weighted by Gasteiger charge is -2.16. The predicted molar refractivity (Wildman–Crippen MR) is 78.0 cm³/mol. The third-order valence-electron chi connectivity index (χ3n) is 3.00. The molecule has 2 unspecified atom stereocenters. The standard InChI is InChI=1S/C12H15BrN2O4S/c13-10-2-1-7(20-10)3-4-14-12(18)15-9-6-19-5-8(9)11(16)17/h1-2,8-9H,3-6H2,(H,16,17)(H2,14,15,18). The molecule has 20 heavy (non-hydrogen) atoms. The molecule has 2 amide bonds. The first-order valence-corrected chi connectivity index (χ1v) is 7.76. The van der Waals surface area contributed by atoms with Gasteiger partial charge in [-0.25, -0.2) is 4.79 Å². The lowest BCUT2D eigenvalue weighted by atomic mass is 10.0. The quantitative estimate of drug-likeness (QED) is 0.739. The summed E-state index contributed by atoms with van der Waals surface area (Å²) in [4.78, 5) is 23.8. The number of hydrogen-bond acceptors (Lipinski definition) is 4. The van der Waals surface area contributed by atoms with E-state index in [9.17, 15) is 9.59 Å². The highest BCUT2D eigenvalue weighted by Gasteiger charge is 2.34. The van der Waals surface area contributed by atoms with E-state index in [0.717, 1.165) is 10.2 Å². The van der Waals surface area contributed by atoms with E-state index in [1.807, 2.05) is 12.1 Å². The summed E-state index contributed by atoms with van der Waals surface area (Å²) >= 11 is 5.00. The number of carboxylic acids is 1. The van der Waals surface area contributed by atoms with Crippen molar-refractivity contribution in [3.05, 3.63) is 20.8 Å². The molecule has 3 N–H and O–H groups in total. The molecule has 1 aromatic heterocycles. The van der Waals surface area contributed by atoms with E-state index in [1.165, 1.54) is 4.88 Å². The fourth-order valence-corrected chi connectivity index (χ4v) is 3.43. The number of carbonyl (C=O) groups is 2. The Labute approximate surface area is 128 Å². The molecule has 1 saturated heterocycles. The molecule has 0 aromatic carbocycles. The minimum Gasteiger partial charge on any atom is -0.481 e. The van der Waals surface area contributed by atoms with Crippen LogP contribution in [-0.2, 0) is 16.0 Å². The van der Waals surface area contributed by atoms with Crippen molar-refractivity contribution in [1.82, 2.24) is 10.6 Å². The van der Waals surface area contributed by atoms with Crippen LogP contribution in [0.1, 0.15) is 4.88 Å². The summed E-state index contributed by atoms with van der Waals surface area (Å²) in [5.74, 6) is -1.62. The van der Waals surface area contributed by atoms with Gasteiger partial charge in [0.2, 0.25) is 0 Å². The Morgan fingerprint density at radius 2 is 2.25 bits per heavy atom. The number of aliphatic carboxylic acids is 1. The summed E-state index contributed by atoms with van der Waals surface area (Å²) in [5.41, 5.74) is 0. The van der Waals surface area contributed by atoms with E-state index in [0.29, 0.717) is 6.54 Å². The first kappa shape index (κ1) is 15.3. The van der Waals surface area contributed by atoms with E-state index < -0.39 is 17.9 Å². The Hall–Kier alpha value is -1.12. The van der Waals surface area contributed by atoms with Crippen LogP contribution in [0.5, 0.6) is 0 Å². The van der Waals surface area contributed by atoms with Gasteiger partial charge in [0.1, 0.15) is 5.92 Å². The van der Waals surface area contributed by atoms with Gasteiger partial charge in [-0.3, -0.25) is 4.79 Å². The number of halogens is 1. The maximum Gasteiger partial charge on any atom is 0.315 e. The lowest BCUT2D eigenvalue weighted by molar-refractivity contribution is -0.142. The number of thiophene rings is 1. The average molecular weight is 363 g/mol. The van der Waals surface area contributed by atoms with Gasteiger partial charge in [-0.1, -0.05) is 0 Å². The summed E-state index contributed by atoms with van der Waals surface area (Å²) in [6, 6.07) is 3.14. The second-order valence-corrected chi connectivity index (χ2v) is 6.99. The number of carboxylic acid groups (broad SMARTS) is 1. The maximum absolute atomic E-state index is 11.7. The van der Waals surface area contributed by atoms with Gasteiger partial charge in [-0.2, -0.15) is 0 Å². The van der Waals surface area contributed by atoms with Crippen LogP contribution in [-0.4, -0.2) is 42.9 Å². The molecule has 1 aromatic rings. The Kier molecular flexibility index (Phi) is 5.38. The van der Waals surface area contributed by atoms with Crippen molar-refractivity contribution in [3.63, 3.8) is 0 Å². The monoisotopic (exact) mass is 362 g/mol. The van der Waals surface area contributed by atoms with Crippen LogP contribution in [0.3, 0.4) is 0 Å². The minimum atomic E-state index is -0.948. The van der Waals surface area contributed by atoms with Gasteiger partial charge in [-0.15, -0.1) is 11.3 Å². The van der Waals surface area contributed by atoms with Gasteiger partial charge in [0.25, 0.3) is 0 Å². The van der Waals surface area contributed by atoms with E-state index in [4.69, 9.17) is 9.84 Å². The van der Waals surface area contributed by atoms with Crippen molar-refractivity contribution >= 4 is 39.3 Å². The maximum atomic E-state index is 11.7. The fraction of sp³-hybridized carbons (Fsp3) is 0.500. The van der Waals surface area contributed by atoms with Crippen LogP contribution < -0.4 is 10.6 Å². The van der Waals surface area contributed by atoms with Gasteiger partial charge in [0.05, 0.1) is 23.0 Å². The molecule has 1 fully saturated rings. The molecule has 0 bridgehead atoms. The highest BCUT2D eigenvalue weighted by atomic mass is 79.9. The molecule has 0 spiro atoms. The topological polar surface area (TPSA) is 87.7 Å². The number of ether oxygens (including phenoxy) is 1. The number of urea groups is 1. The smallest absolute Gasteiger partial charge is 0.315 e. The van der Waals surface area contributed by atoms with Crippen LogP contribution >= 0.6 is 27.3 Å². The van der Waals surface area contributed by atoms with Crippen molar-refractivity contribution in [3.8, 4) is 0 Å². The molecule has 0 saturated carbocycles. The average Bonchev–Trinajstić information content (AvgIpc) is 2.98. The number of nitrogens with one attached hydrogen (secondary N) is 2. The SMILES string of the molecule is O=C(NCCc1ccc(Br)s1)NC1COCC1C(=O)O. The zero-order valence-electron chi connectivity index (χ0n) is 10.6. The second-order valence-electron chi connectivity index (χ2n) is 4.44. The van der Waals surface area contributed by atoms with Crippen LogP contribution in [0, 0.1) is 5.92 Å². The fourth-order valence-electron chi connectivity index (χ4n) is 1.94. The van der Waals surface area contributed by atoms with Crippen molar-refractivity contribution in [2.45, 2.75) is 12.5 Å². The molecule has 8 heteroatoms. The van der Waals surface area contributed by atoms with Crippen LogP contribution in [0.2, 0.25) is 0 Å².